The number of phenolic OH excluding ortho intramolecular Hbond substituents is 1. The number of non-ortho nitro benzene ring substituents is 1. The van der Waals surface area contributed by atoms with Gasteiger partial charge in [0, 0.05) is 12.1 Å². The van der Waals surface area contributed by atoms with Crippen molar-refractivity contribution >= 4 is 5.69 Å². The molecule has 0 heterocycles. The number of aromatic hydroxyl groups is 1. The average Bonchev–Trinajstić information content (AvgIpc) is 2.35. The second-order valence-electron chi connectivity index (χ2n) is 3.38. The fourth-order valence-corrected chi connectivity index (χ4v) is 1.11. The molecule has 0 fully saturated rings. The van der Waals surface area contributed by atoms with Gasteiger partial charge in [-0.05, 0) is 18.6 Å². The molecule has 0 bridgehead atoms. The number of hydrogen-bond acceptors (Lipinski definition) is 3. The molecule has 17 heavy (non-hydrogen) atoms. The zero-order valence-electron chi connectivity index (χ0n) is 9.41. The van der Waals surface area contributed by atoms with E-state index in [0.29, 0.717) is 5.75 Å². The third-order valence-electron chi connectivity index (χ3n) is 2.08. The Bertz CT molecular complexity index is 462. The highest BCUT2D eigenvalue weighted by Crippen LogP contribution is 2.12. The molecule has 2 aromatic rings. The first-order valence-corrected chi connectivity index (χ1v) is 5.05. The van der Waals surface area contributed by atoms with Crippen LogP contribution in [0.5, 0.6) is 5.75 Å². The Balaban J connectivity index is 0.000000171. The molecule has 0 aliphatic heterocycles. The van der Waals surface area contributed by atoms with E-state index in [0.717, 1.165) is 5.56 Å². The molecule has 0 aliphatic carbocycles. The van der Waals surface area contributed by atoms with Crippen LogP contribution in [-0.2, 0) is 0 Å². The van der Waals surface area contributed by atoms with E-state index in [1.165, 1.54) is 12.1 Å². The molecule has 2 aromatic carbocycles. The summed E-state index contributed by atoms with van der Waals surface area (Å²) in [6.07, 6.45) is 0. The van der Waals surface area contributed by atoms with E-state index in [2.05, 4.69) is 0 Å². The number of nitro groups is 1. The van der Waals surface area contributed by atoms with Crippen molar-refractivity contribution in [2.45, 2.75) is 6.92 Å². The summed E-state index contributed by atoms with van der Waals surface area (Å²) in [4.78, 5) is 9.59. The molecule has 0 saturated heterocycles. The van der Waals surface area contributed by atoms with E-state index >= 15 is 0 Å². The lowest BCUT2D eigenvalue weighted by Crippen LogP contribution is -1.84. The summed E-state index contributed by atoms with van der Waals surface area (Å²) < 4.78 is 0. The maximum atomic E-state index is 10.0. The number of benzene rings is 2. The molecule has 0 radical (unpaired) electrons. The predicted octanol–water partition coefficient (Wildman–Crippen LogP) is 3.30. The summed E-state index contributed by atoms with van der Waals surface area (Å²) in [6, 6.07) is 15.2. The predicted molar refractivity (Wildman–Crippen MR) is 65.9 cm³/mol. The molecule has 0 spiro atoms. The molecule has 2 rings (SSSR count). The normalized spacial score (nSPS) is 9.00. The SMILES string of the molecule is Cc1ccccc1O.O=[N+]([O-])c1ccccc1. The Labute approximate surface area is 99.3 Å². The van der Waals surface area contributed by atoms with Gasteiger partial charge in [0.05, 0.1) is 4.92 Å². The van der Waals surface area contributed by atoms with Gasteiger partial charge in [0.2, 0.25) is 0 Å². The number of para-hydroxylation sites is 2. The first-order valence-electron chi connectivity index (χ1n) is 5.05. The van der Waals surface area contributed by atoms with Crippen molar-refractivity contribution in [1.82, 2.24) is 0 Å². The van der Waals surface area contributed by atoms with Gasteiger partial charge in [-0.3, -0.25) is 10.1 Å². The summed E-state index contributed by atoms with van der Waals surface area (Å²) in [5.41, 5.74) is 1.06. The van der Waals surface area contributed by atoms with Crippen molar-refractivity contribution in [3.8, 4) is 5.75 Å². The van der Waals surface area contributed by atoms with Crippen LogP contribution >= 0.6 is 0 Å². The largest absolute Gasteiger partial charge is 0.508 e. The zero-order chi connectivity index (χ0) is 12.7. The molecule has 0 atom stereocenters. The summed E-state index contributed by atoms with van der Waals surface area (Å²) in [6.45, 7) is 1.87. The second kappa shape index (κ2) is 6.27. The maximum absolute atomic E-state index is 10.0. The topological polar surface area (TPSA) is 63.4 Å². The first-order chi connectivity index (χ1) is 8.11. The maximum Gasteiger partial charge on any atom is 0.269 e. The highest BCUT2D eigenvalue weighted by Gasteiger charge is 1.98. The molecule has 1 N–H and O–H groups in total. The Morgan fingerprint density at radius 3 is 1.88 bits per heavy atom. The first kappa shape index (κ1) is 12.7. The van der Waals surface area contributed by atoms with Gasteiger partial charge in [0.15, 0.2) is 0 Å². The fraction of sp³-hybridized carbons (Fsp3) is 0.0769. The van der Waals surface area contributed by atoms with Crippen LogP contribution in [0, 0.1) is 17.0 Å². The molecule has 0 unspecified atom stereocenters. The number of aryl methyl sites for hydroxylation is 1. The van der Waals surface area contributed by atoms with Gasteiger partial charge in [-0.15, -0.1) is 0 Å². The van der Waals surface area contributed by atoms with Crippen LogP contribution in [0.2, 0.25) is 0 Å². The highest BCUT2D eigenvalue weighted by atomic mass is 16.6. The van der Waals surface area contributed by atoms with Crippen LogP contribution < -0.4 is 0 Å². The third kappa shape index (κ3) is 4.34. The van der Waals surface area contributed by atoms with Crippen molar-refractivity contribution in [1.29, 1.82) is 0 Å². The van der Waals surface area contributed by atoms with Crippen molar-refractivity contribution in [2.75, 3.05) is 0 Å². The van der Waals surface area contributed by atoms with Gasteiger partial charge in [-0.2, -0.15) is 0 Å². The number of nitrogens with zero attached hydrogens (tertiary/aromatic N) is 1. The minimum absolute atomic E-state index is 0.137. The smallest absolute Gasteiger partial charge is 0.269 e. The summed E-state index contributed by atoms with van der Waals surface area (Å²) >= 11 is 0. The molecule has 0 amide bonds. The molecule has 4 heteroatoms. The standard InChI is InChI=1S/C7H8O.C6H5NO2/c1-6-4-2-3-5-7(6)8;8-7(9)6-4-2-1-3-5-6/h2-5,8H,1H3;1-5H. The highest BCUT2D eigenvalue weighted by molar-refractivity contribution is 5.29. The Hall–Kier alpha value is -2.36. The van der Waals surface area contributed by atoms with Crippen LogP contribution in [0.3, 0.4) is 0 Å². The van der Waals surface area contributed by atoms with E-state index in [9.17, 15) is 10.1 Å². The van der Waals surface area contributed by atoms with Crippen LogP contribution in [0.4, 0.5) is 5.69 Å². The Morgan fingerprint density at radius 1 is 1.00 bits per heavy atom. The monoisotopic (exact) mass is 231 g/mol. The van der Waals surface area contributed by atoms with Crippen molar-refractivity contribution in [3.05, 3.63) is 70.3 Å². The zero-order valence-corrected chi connectivity index (χ0v) is 9.41. The Kier molecular flexibility index (Phi) is 4.69. The lowest BCUT2D eigenvalue weighted by atomic mass is 10.2. The lowest BCUT2D eigenvalue weighted by molar-refractivity contribution is -0.384. The van der Waals surface area contributed by atoms with Crippen molar-refractivity contribution < 1.29 is 10.0 Å². The van der Waals surface area contributed by atoms with Gasteiger partial charge in [0.1, 0.15) is 5.75 Å². The fourth-order valence-electron chi connectivity index (χ4n) is 1.11. The van der Waals surface area contributed by atoms with Gasteiger partial charge in [-0.25, -0.2) is 0 Å². The van der Waals surface area contributed by atoms with E-state index < -0.39 is 4.92 Å². The third-order valence-corrected chi connectivity index (χ3v) is 2.08. The van der Waals surface area contributed by atoms with Crippen molar-refractivity contribution in [3.63, 3.8) is 0 Å². The summed E-state index contributed by atoms with van der Waals surface area (Å²) in [5.74, 6) is 0.368. The quantitative estimate of drug-likeness (QED) is 0.605. The van der Waals surface area contributed by atoms with Gasteiger partial charge < -0.3 is 5.11 Å². The number of rotatable bonds is 1. The minimum Gasteiger partial charge on any atom is -0.508 e. The van der Waals surface area contributed by atoms with Crippen LogP contribution in [0.1, 0.15) is 5.56 Å². The average molecular weight is 231 g/mol. The van der Waals surface area contributed by atoms with Crippen LogP contribution in [-0.4, -0.2) is 10.0 Å². The molecule has 0 aromatic heterocycles. The van der Waals surface area contributed by atoms with Crippen LogP contribution in [0.25, 0.3) is 0 Å². The lowest BCUT2D eigenvalue weighted by Gasteiger charge is -1.92. The molecule has 0 saturated carbocycles. The van der Waals surface area contributed by atoms with E-state index in [4.69, 9.17) is 5.11 Å². The second-order valence-corrected chi connectivity index (χ2v) is 3.38. The summed E-state index contributed by atoms with van der Waals surface area (Å²) in [5, 5.41) is 18.9. The van der Waals surface area contributed by atoms with E-state index in [1.54, 1.807) is 24.3 Å². The number of phenols is 1. The molecular weight excluding hydrogens is 218 g/mol. The molecule has 4 nitrogen and oxygen atoms in total. The van der Waals surface area contributed by atoms with E-state index in [-0.39, 0.29) is 5.69 Å². The van der Waals surface area contributed by atoms with Gasteiger partial charge >= 0.3 is 0 Å². The van der Waals surface area contributed by atoms with Gasteiger partial charge in [-0.1, -0.05) is 36.4 Å². The Morgan fingerprint density at radius 2 is 1.53 bits per heavy atom. The number of hydrogen-bond donors (Lipinski definition) is 1. The molecule has 0 aliphatic rings. The van der Waals surface area contributed by atoms with Gasteiger partial charge in [0.25, 0.3) is 5.69 Å². The van der Waals surface area contributed by atoms with Crippen molar-refractivity contribution in [2.24, 2.45) is 0 Å². The number of nitro benzene ring substituents is 1. The minimum atomic E-state index is -0.417. The van der Waals surface area contributed by atoms with Crippen LogP contribution in [0.15, 0.2) is 54.6 Å². The molecule has 88 valence electrons. The van der Waals surface area contributed by atoms with E-state index in [1.807, 2.05) is 25.1 Å². The molecular formula is C13H13NO3. The summed E-state index contributed by atoms with van der Waals surface area (Å²) in [7, 11) is 0.